The van der Waals surface area contributed by atoms with Crippen molar-refractivity contribution in [1.82, 2.24) is 5.32 Å². The van der Waals surface area contributed by atoms with E-state index in [4.69, 9.17) is 4.43 Å². The third-order valence-corrected chi connectivity index (χ3v) is 12.1. The summed E-state index contributed by atoms with van der Waals surface area (Å²) in [7, 11) is -2.02. The van der Waals surface area contributed by atoms with E-state index in [1.807, 2.05) is 91.0 Å². The van der Waals surface area contributed by atoms with Gasteiger partial charge in [0.15, 0.2) is 8.32 Å². The highest BCUT2D eigenvalue weighted by Crippen LogP contribution is 2.42. The normalized spacial score (nSPS) is 13.1. The van der Waals surface area contributed by atoms with Gasteiger partial charge in [-0.2, -0.15) is 0 Å². The first-order valence-electron chi connectivity index (χ1n) is 12.8. The fourth-order valence-electron chi connectivity index (χ4n) is 4.37. The van der Waals surface area contributed by atoms with Crippen LogP contribution >= 0.6 is 0 Å². The molecule has 0 fully saturated rings. The van der Waals surface area contributed by atoms with E-state index in [1.54, 1.807) is 0 Å². The highest BCUT2D eigenvalue weighted by Gasteiger charge is 2.40. The summed E-state index contributed by atoms with van der Waals surface area (Å²) in [4.78, 5) is 25.7. The van der Waals surface area contributed by atoms with Gasteiger partial charge in [-0.15, -0.1) is 0 Å². The molecular weight excluding hydrogens is 478 g/mol. The van der Waals surface area contributed by atoms with Gasteiger partial charge < -0.3 is 14.8 Å². The Labute approximate surface area is 222 Å². The second-order valence-corrected chi connectivity index (χ2v) is 15.8. The van der Waals surface area contributed by atoms with Crippen LogP contribution in [0.2, 0.25) is 18.1 Å². The molecule has 196 valence electrons. The highest BCUT2D eigenvalue weighted by atomic mass is 28.4. The van der Waals surface area contributed by atoms with E-state index in [0.29, 0.717) is 0 Å². The quantitative estimate of drug-likeness (QED) is 0.228. The van der Waals surface area contributed by atoms with Crippen molar-refractivity contribution in [3.05, 3.63) is 108 Å². The first kappa shape index (κ1) is 28.3. The fraction of sp³-hybridized carbons (Fsp3) is 0.355. The third-order valence-electron chi connectivity index (χ3n) is 7.53. The maximum absolute atomic E-state index is 13.6. The van der Waals surface area contributed by atoms with Gasteiger partial charge in [0.25, 0.3) is 0 Å². The smallest absolute Gasteiger partial charge is 0.326 e. The van der Waals surface area contributed by atoms with E-state index >= 15 is 0 Å². The summed E-state index contributed by atoms with van der Waals surface area (Å²) < 4.78 is 6.19. The molecule has 1 amide bonds. The van der Waals surface area contributed by atoms with Crippen molar-refractivity contribution in [2.45, 2.75) is 63.2 Å². The monoisotopic (exact) mass is 517 g/mol. The van der Waals surface area contributed by atoms with Crippen LogP contribution < -0.4 is 5.32 Å². The van der Waals surface area contributed by atoms with Gasteiger partial charge in [-0.25, -0.2) is 4.79 Å². The molecule has 6 heteroatoms. The zero-order chi connectivity index (χ0) is 27.1. The number of carbonyl (C=O) groups is 2. The lowest BCUT2D eigenvalue weighted by atomic mass is 9.67. The molecule has 0 bridgehead atoms. The molecule has 0 saturated heterocycles. The molecule has 2 N–H and O–H groups in total. The number of carbonyl (C=O) groups excluding carboxylic acids is 1. The van der Waals surface area contributed by atoms with Crippen LogP contribution in [0.3, 0.4) is 0 Å². The van der Waals surface area contributed by atoms with Crippen molar-refractivity contribution < 1.29 is 19.1 Å². The standard InChI is InChI=1S/C31H39NO4Si/c1-30(2,3)37(4,5)36-22-21-27(29(34)35)32-28(33)23-31(24-15-9-6-10-16-24,25-17-11-7-12-18-25)26-19-13-8-14-20-26/h6-20,27H,21-23H2,1-5H3,(H,32,33)(H,34,35)/t27-/m1/s1. The Morgan fingerprint density at radius 3 is 1.57 bits per heavy atom. The number of hydrogen-bond donors (Lipinski definition) is 2. The number of aliphatic carboxylic acids is 1. The second-order valence-electron chi connectivity index (χ2n) is 11.0. The largest absolute Gasteiger partial charge is 0.480 e. The lowest BCUT2D eigenvalue weighted by Crippen LogP contribution is -2.46. The Balaban J connectivity index is 1.91. The second kappa shape index (κ2) is 11.9. The van der Waals surface area contributed by atoms with Crippen LogP contribution in [-0.4, -0.2) is 37.9 Å². The summed E-state index contributed by atoms with van der Waals surface area (Å²) in [6, 6.07) is 28.7. The summed E-state index contributed by atoms with van der Waals surface area (Å²) in [6.45, 7) is 11.0. The lowest BCUT2D eigenvalue weighted by molar-refractivity contribution is -0.142. The predicted octanol–water partition coefficient (Wildman–Crippen LogP) is 6.39. The van der Waals surface area contributed by atoms with E-state index in [9.17, 15) is 14.7 Å². The Kier molecular flexibility index (Phi) is 9.10. The molecule has 37 heavy (non-hydrogen) atoms. The van der Waals surface area contributed by atoms with E-state index in [0.717, 1.165) is 16.7 Å². The summed E-state index contributed by atoms with van der Waals surface area (Å²) >= 11 is 0. The lowest BCUT2D eigenvalue weighted by Gasteiger charge is -2.37. The van der Waals surface area contributed by atoms with E-state index in [1.165, 1.54) is 0 Å². The van der Waals surface area contributed by atoms with Crippen molar-refractivity contribution in [2.75, 3.05) is 6.61 Å². The minimum atomic E-state index is -2.02. The SMILES string of the molecule is CC(C)(C)[Si](C)(C)OCC[C@@H](NC(=O)CC(c1ccccc1)(c1ccccc1)c1ccccc1)C(=O)O. The number of amides is 1. The van der Waals surface area contributed by atoms with Crippen LogP contribution in [0, 0.1) is 0 Å². The van der Waals surface area contributed by atoms with Crippen molar-refractivity contribution in [3.63, 3.8) is 0 Å². The van der Waals surface area contributed by atoms with Gasteiger partial charge in [0.05, 0.1) is 5.41 Å². The van der Waals surface area contributed by atoms with Crippen molar-refractivity contribution in [3.8, 4) is 0 Å². The molecule has 0 unspecified atom stereocenters. The number of carboxylic acids is 1. The molecule has 0 aliphatic rings. The number of benzene rings is 3. The Morgan fingerprint density at radius 2 is 1.22 bits per heavy atom. The van der Waals surface area contributed by atoms with Gasteiger partial charge in [-0.1, -0.05) is 112 Å². The minimum Gasteiger partial charge on any atom is -0.480 e. The topological polar surface area (TPSA) is 75.6 Å². The molecule has 3 aromatic carbocycles. The Morgan fingerprint density at radius 1 is 0.811 bits per heavy atom. The van der Waals surface area contributed by atoms with Crippen LogP contribution in [-0.2, 0) is 19.4 Å². The van der Waals surface area contributed by atoms with Crippen molar-refractivity contribution in [2.24, 2.45) is 0 Å². The molecule has 3 aromatic rings. The maximum Gasteiger partial charge on any atom is 0.326 e. The Bertz CT molecular complexity index is 1060. The summed E-state index contributed by atoms with van der Waals surface area (Å²) in [5.41, 5.74) is 2.12. The van der Waals surface area contributed by atoms with Crippen LogP contribution in [0.5, 0.6) is 0 Å². The van der Waals surface area contributed by atoms with Crippen LogP contribution in [0.15, 0.2) is 91.0 Å². The first-order chi connectivity index (χ1) is 17.5. The Hall–Kier alpha value is -3.22. The predicted molar refractivity (Wildman–Crippen MR) is 151 cm³/mol. The molecule has 1 atom stereocenters. The molecule has 0 spiro atoms. The number of carboxylic acid groups (broad SMARTS) is 1. The molecule has 5 nitrogen and oxygen atoms in total. The number of hydrogen-bond acceptors (Lipinski definition) is 3. The van der Waals surface area contributed by atoms with Crippen molar-refractivity contribution >= 4 is 20.2 Å². The average Bonchev–Trinajstić information content (AvgIpc) is 2.87. The van der Waals surface area contributed by atoms with E-state index < -0.39 is 25.7 Å². The van der Waals surface area contributed by atoms with E-state index in [-0.39, 0.29) is 30.4 Å². The first-order valence-corrected chi connectivity index (χ1v) is 15.7. The number of nitrogens with one attached hydrogen (secondary N) is 1. The van der Waals surface area contributed by atoms with Gasteiger partial charge in [0, 0.05) is 19.4 Å². The molecule has 0 aliphatic carbocycles. The fourth-order valence-corrected chi connectivity index (χ4v) is 5.43. The van der Waals surface area contributed by atoms with Crippen LogP contribution in [0.25, 0.3) is 0 Å². The molecule has 0 aliphatic heterocycles. The van der Waals surface area contributed by atoms with Gasteiger partial charge in [-0.3, -0.25) is 4.79 Å². The zero-order valence-corrected chi connectivity index (χ0v) is 23.5. The molecule has 3 rings (SSSR count). The molecule has 0 heterocycles. The molecule has 0 radical (unpaired) electrons. The average molecular weight is 518 g/mol. The van der Waals surface area contributed by atoms with Gasteiger partial charge >= 0.3 is 5.97 Å². The van der Waals surface area contributed by atoms with Gasteiger partial charge in [0.2, 0.25) is 5.91 Å². The summed E-state index contributed by atoms with van der Waals surface area (Å²) in [5.74, 6) is -1.38. The summed E-state index contributed by atoms with van der Waals surface area (Å²) in [6.07, 6.45) is 0.278. The molecule has 0 aromatic heterocycles. The summed E-state index contributed by atoms with van der Waals surface area (Å²) in [5, 5.41) is 12.7. The molecule has 0 saturated carbocycles. The highest BCUT2D eigenvalue weighted by molar-refractivity contribution is 6.74. The van der Waals surface area contributed by atoms with Gasteiger partial charge in [0.1, 0.15) is 6.04 Å². The van der Waals surface area contributed by atoms with E-state index in [2.05, 4.69) is 39.2 Å². The van der Waals surface area contributed by atoms with Crippen molar-refractivity contribution in [1.29, 1.82) is 0 Å². The van der Waals surface area contributed by atoms with Gasteiger partial charge in [-0.05, 0) is 34.8 Å². The van der Waals surface area contributed by atoms with Crippen LogP contribution in [0.4, 0.5) is 0 Å². The zero-order valence-electron chi connectivity index (χ0n) is 22.5. The molecular formula is C31H39NO4Si. The third kappa shape index (κ3) is 6.76. The minimum absolute atomic E-state index is 0.0234. The van der Waals surface area contributed by atoms with Crippen LogP contribution in [0.1, 0.15) is 50.3 Å². The maximum atomic E-state index is 13.6. The number of rotatable bonds is 11.